The maximum atomic E-state index is 13.5. The van der Waals surface area contributed by atoms with E-state index in [4.69, 9.17) is 11.6 Å². The standard InChI is InChI=1S/C15H14ClFN2O/c1-9-3-4-11(7-13(9)17)10(2)19-15(20)12-5-6-14(16)18-8-12/h3-8,10H,1-2H3,(H,19,20). The second-order valence-corrected chi connectivity index (χ2v) is 4.96. The van der Waals surface area contributed by atoms with Crippen LogP contribution < -0.4 is 5.32 Å². The van der Waals surface area contributed by atoms with Crippen LogP contribution in [0.3, 0.4) is 0 Å². The summed E-state index contributed by atoms with van der Waals surface area (Å²) < 4.78 is 13.5. The number of pyridine rings is 1. The number of amides is 1. The van der Waals surface area contributed by atoms with Gasteiger partial charge in [-0.25, -0.2) is 9.37 Å². The molecule has 5 heteroatoms. The number of hydrogen-bond donors (Lipinski definition) is 1. The molecule has 2 rings (SSSR count). The molecule has 0 fully saturated rings. The summed E-state index contributed by atoms with van der Waals surface area (Å²) in [5.41, 5.74) is 1.70. The lowest BCUT2D eigenvalue weighted by atomic mass is 10.1. The Balaban J connectivity index is 2.10. The average Bonchev–Trinajstić information content (AvgIpc) is 2.42. The van der Waals surface area contributed by atoms with Crippen molar-refractivity contribution in [2.24, 2.45) is 0 Å². The molecular formula is C15H14ClFN2O. The Morgan fingerprint density at radius 2 is 2.10 bits per heavy atom. The van der Waals surface area contributed by atoms with Crippen molar-refractivity contribution in [3.8, 4) is 0 Å². The molecule has 1 N–H and O–H groups in total. The first kappa shape index (κ1) is 14.5. The van der Waals surface area contributed by atoms with E-state index < -0.39 is 0 Å². The molecule has 0 spiro atoms. The summed E-state index contributed by atoms with van der Waals surface area (Å²) in [5.74, 6) is -0.556. The van der Waals surface area contributed by atoms with Crippen LogP contribution in [0.2, 0.25) is 5.15 Å². The van der Waals surface area contributed by atoms with Crippen LogP contribution in [0.25, 0.3) is 0 Å². The van der Waals surface area contributed by atoms with Gasteiger partial charge in [0.1, 0.15) is 11.0 Å². The van der Waals surface area contributed by atoms with E-state index in [2.05, 4.69) is 10.3 Å². The first-order valence-corrected chi connectivity index (χ1v) is 6.53. The van der Waals surface area contributed by atoms with Gasteiger partial charge in [-0.05, 0) is 43.2 Å². The third-order valence-electron chi connectivity index (χ3n) is 3.03. The van der Waals surface area contributed by atoms with E-state index in [1.807, 2.05) is 0 Å². The van der Waals surface area contributed by atoms with Crippen LogP contribution >= 0.6 is 11.6 Å². The van der Waals surface area contributed by atoms with Crippen molar-refractivity contribution < 1.29 is 9.18 Å². The summed E-state index contributed by atoms with van der Waals surface area (Å²) in [6.45, 7) is 3.49. The lowest BCUT2D eigenvalue weighted by Gasteiger charge is -2.15. The van der Waals surface area contributed by atoms with Gasteiger partial charge < -0.3 is 5.32 Å². The number of benzene rings is 1. The molecule has 0 aliphatic rings. The molecule has 0 aliphatic carbocycles. The number of hydrogen-bond acceptors (Lipinski definition) is 2. The number of nitrogens with zero attached hydrogens (tertiary/aromatic N) is 1. The largest absolute Gasteiger partial charge is 0.345 e. The van der Waals surface area contributed by atoms with Crippen LogP contribution in [-0.2, 0) is 0 Å². The highest BCUT2D eigenvalue weighted by atomic mass is 35.5. The Morgan fingerprint density at radius 3 is 2.70 bits per heavy atom. The molecule has 3 nitrogen and oxygen atoms in total. The van der Waals surface area contributed by atoms with Crippen LogP contribution in [0.1, 0.15) is 34.5 Å². The molecular weight excluding hydrogens is 279 g/mol. The zero-order valence-corrected chi connectivity index (χ0v) is 11.9. The quantitative estimate of drug-likeness (QED) is 0.877. The number of aromatic nitrogens is 1. The van der Waals surface area contributed by atoms with Gasteiger partial charge in [0.05, 0.1) is 11.6 Å². The van der Waals surface area contributed by atoms with Crippen molar-refractivity contribution in [2.45, 2.75) is 19.9 Å². The molecule has 0 radical (unpaired) electrons. The van der Waals surface area contributed by atoms with Gasteiger partial charge in [0.15, 0.2) is 0 Å². The fourth-order valence-electron chi connectivity index (χ4n) is 1.75. The Labute approximate surface area is 121 Å². The average molecular weight is 293 g/mol. The number of nitrogens with one attached hydrogen (secondary N) is 1. The minimum atomic E-state index is -0.298. The summed E-state index contributed by atoms with van der Waals surface area (Å²) in [7, 11) is 0. The van der Waals surface area contributed by atoms with Crippen molar-refractivity contribution in [3.63, 3.8) is 0 Å². The van der Waals surface area contributed by atoms with Crippen molar-refractivity contribution in [2.75, 3.05) is 0 Å². The molecule has 0 saturated carbocycles. The van der Waals surface area contributed by atoms with Crippen LogP contribution in [-0.4, -0.2) is 10.9 Å². The first-order valence-electron chi connectivity index (χ1n) is 6.16. The molecule has 1 aromatic heterocycles. The smallest absolute Gasteiger partial charge is 0.253 e. The Bertz CT molecular complexity index is 628. The van der Waals surface area contributed by atoms with Gasteiger partial charge in [-0.15, -0.1) is 0 Å². The predicted molar refractivity (Wildman–Crippen MR) is 76.3 cm³/mol. The number of carbonyl (C=O) groups excluding carboxylic acids is 1. The number of aryl methyl sites for hydroxylation is 1. The minimum Gasteiger partial charge on any atom is -0.345 e. The summed E-state index contributed by atoms with van der Waals surface area (Å²) in [6, 6.07) is 7.76. The Hall–Kier alpha value is -1.94. The molecule has 0 aliphatic heterocycles. The fourth-order valence-corrected chi connectivity index (χ4v) is 1.86. The Morgan fingerprint density at radius 1 is 1.35 bits per heavy atom. The van der Waals surface area contributed by atoms with E-state index in [-0.39, 0.29) is 17.8 Å². The monoisotopic (exact) mass is 292 g/mol. The zero-order chi connectivity index (χ0) is 14.7. The van der Waals surface area contributed by atoms with Crippen molar-refractivity contribution >= 4 is 17.5 Å². The molecule has 1 atom stereocenters. The highest BCUT2D eigenvalue weighted by Crippen LogP contribution is 2.17. The van der Waals surface area contributed by atoms with E-state index in [1.54, 1.807) is 38.1 Å². The number of halogens is 2. The molecule has 1 amide bonds. The van der Waals surface area contributed by atoms with Crippen LogP contribution in [0.4, 0.5) is 4.39 Å². The van der Waals surface area contributed by atoms with Gasteiger partial charge in [0.2, 0.25) is 0 Å². The predicted octanol–water partition coefficient (Wildman–Crippen LogP) is 3.67. The lowest BCUT2D eigenvalue weighted by molar-refractivity contribution is 0.0939. The number of rotatable bonds is 3. The summed E-state index contributed by atoms with van der Waals surface area (Å²) in [5, 5.41) is 3.12. The minimum absolute atomic E-state index is 0.275. The first-order chi connectivity index (χ1) is 9.47. The van der Waals surface area contributed by atoms with E-state index in [9.17, 15) is 9.18 Å². The van der Waals surface area contributed by atoms with Crippen LogP contribution in [0.15, 0.2) is 36.5 Å². The van der Waals surface area contributed by atoms with Gasteiger partial charge in [-0.3, -0.25) is 4.79 Å². The topological polar surface area (TPSA) is 42.0 Å². The van der Waals surface area contributed by atoms with Crippen molar-refractivity contribution in [1.29, 1.82) is 0 Å². The van der Waals surface area contributed by atoms with Crippen LogP contribution in [0.5, 0.6) is 0 Å². The molecule has 1 aromatic carbocycles. The molecule has 1 heterocycles. The van der Waals surface area contributed by atoms with Gasteiger partial charge >= 0.3 is 0 Å². The van der Waals surface area contributed by atoms with Gasteiger partial charge in [0, 0.05) is 6.20 Å². The zero-order valence-electron chi connectivity index (χ0n) is 11.2. The summed E-state index contributed by atoms with van der Waals surface area (Å²) >= 11 is 5.67. The lowest BCUT2D eigenvalue weighted by Crippen LogP contribution is -2.26. The fraction of sp³-hybridized carbons (Fsp3) is 0.200. The second kappa shape index (κ2) is 6.01. The number of carbonyl (C=O) groups is 1. The van der Waals surface area contributed by atoms with E-state index in [1.165, 1.54) is 12.3 Å². The van der Waals surface area contributed by atoms with Gasteiger partial charge in [0.25, 0.3) is 5.91 Å². The van der Waals surface area contributed by atoms with Crippen LogP contribution in [0, 0.1) is 12.7 Å². The molecule has 0 saturated heterocycles. The van der Waals surface area contributed by atoms with Crippen molar-refractivity contribution in [3.05, 3.63) is 64.2 Å². The summed E-state index contributed by atoms with van der Waals surface area (Å²) in [6.07, 6.45) is 1.40. The SMILES string of the molecule is Cc1ccc(C(C)NC(=O)c2ccc(Cl)nc2)cc1F. The van der Waals surface area contributed by atoms with Gasteiger partial charge in [-0.2, -0.15) is 0 Å². The van der Waals surface area contributed by atoms with Gasteiger partial charge in [-0.1, -0.05) is 23.7 Å². The maximum absolute atomic E-state index is 13.5. The van der Waals surface area contributed by atoms with E-state index >= 15 is 0 Å². The third-order valence-corrected chi connectivity index (χ3v) is 3.26. The van der Waals surface area contributed by atoms with E-state index in [0.29, 0.717) is 21.8 Å². The molecule has 1 unspecified atom stereocenters. The Kier molecular flexibility index (Phi) is 4.35. The summed E-state index contributed by atoms with van der Waals surface area (Å²) in [4.78, 5) is 15.9. The molecule has 104 valence electrons. The van der Waals surface area contributed by atoms with E-state index in [0.717, 1.165) is 0 Å². The highest BCUT2D eigenvalue weighted by molar-refractivity contribution is 6.29. The highest BCUT2D eigenvalue weighted by Gasteiger charge is 2.12. The normalized spacial score (nSPS) is 12.0. The molecule has 0 bridgehead atoms. The third kappa shape index (κ3) is 3.33. The maximum Gasteiger partial charge on any atom is 0.253 e. The second-order valence-electron chi connectivity index (χ2n) is 4.57. The molecule has 20 heavy (non-hydrogen) atoms. The molecule has 2 aromatic rings. The van der Waals surface area contributed by atoms with Crippen molar-refractivity contribution in [1.82, 2.24) is 10.3 Å².